The highest BCUT2D eigenvalue weighted by Crippen LogP contribution is 2.26. The van der Waals surface area contributed by atoms with Crippen LogP contribution in [0, 0.1) is 6.92 Å². The summed E-state index contributed by atoms with van der Waals surface area (Å²) in [7, 11) is 0. The van der Waals surface area contributed by atoms with Gasteiger partial charge in [0.05, 0.1) is 11.9 Å². The number of anilines is 1. The quantitative estimate of drug-likeness (QED) is 0.322. The maximum absolute atomic E-state index is 13.5. The molecule has 0 atom stereocenters. The van der Waals surface area contributed by atoms with E-state index in [9.17, 15) is 4.79 Å². The Morgan fingerprint density at radius 1 is 0.811 bits per heavy atom. The molecule has 5 rings (SSSR count). The maximum atomic E-state index is 13.5. The number of piperazine rings is 1. The van der Waals surface area contributed by atoms with Gasteiger partial charge in [-0.25, -0.2) is 0 Å². The average molecular weight is 497 g/mol. The third kappa shape index (κ3) is 6.19. The van der Waals surface area contributed by atoms with Crippen LogP contribution in [0.15, 0.2) is 95.9 Å². The lowest BCUT2D eigenvalue weighted by molar-refractivity contribution is 0.213. The van der Waals surface area contributed by atoms with Gasteiger partial charge in [-0.05, 0) is 36.8 Å². The van der Waals surface area contributed by atoms with Crippen molar-refractivity contribution in [3.05, 3.63) is 113 Å². The number of nitrogens with zero attached hydrogens (tertiary/aromatic N) is 4. The summed E-state index contributed by atoms with van der Waals surface area (Å²) in [4.78, 5) is 18.2. The first kappa shape index (κ1) is 24.6. The van der Waals surface area contributed by atoms with Crippen molar-refractivity contribution in [2.45, 2.75) is 13.5 Å². The van der Waals surface area contributed by atoms with Gasteiger partial charge in [0.15, 0.2) is 0 Å². The van der Waals surface area contributed by atoms with E-state index in [1.165, 1.54) is 15.8 Å². The Bertz CT molecular complexity index is 1350. The molecule has 0 saturated carbocycles. The van der Waals surface area contributed by atoms with Gasteiger partial charge in [-0.3, -0.25) is 9.69 Å². The Balaban J connectivity index is 1.31. The zero-order chi connectivity index (χ0) is 25.5. The molecule has 0 spiro atoms. The van der Waals surface area contributed by atoms with Gasteiger partial charge in [0.25, 0.3) is 0 Å². The molecule has 0 unspecified atom stereocenters. The van der Waals surface area contributed by atoms with Crippen molar-refractivity contribution in [3.8, 4) is 17.2 Å². The summed E-state index contributed by atoms with van der Waals surface area (Å²) in [5, 5.41) is 4.49. The van der Waals surface area contributed by atoms with E-state index in [2.05, 4.69) is 46.1 Å². The first-order valence-electron chi connectivity index (χ1n) is 12.7. The normalized spacial score (nSPS) is 13.9. The Morgan fingerprint density at radius 2 is 1.51 bits per heavy atom. The molecule has 37 heavy (non-hydrogen) atoms. The van der Waals surface area contributed by atoms with Crippen molar-refractivity contribution in [2.24, 2.45) is 0 Å². The Labute approximate surface area is 217 Å². The van der Waals surface area contributed by atoms with E-state index in [1.807, 2.05) is 60.7 Å². The highest BCUT2D eigenvalue weighted by atomic mass is 16.5. The topological polar surface area (TPSA) is 59.8 Å². The predicted octanol–water partition coefficient (Wildman–Crippen LogP) is 4.32. The van der Waals surface area contributed by atoms with Crippen molar-refractivity contribution < 1.29 is 9.47 Å². The highest BCUT2D eigenvalue weighted by Gasteiger charge is 2.23. The molecule has 1 saturated heterocycles. The van der Waals surface area contributed by atoms with Crippen LogP contribution in [0.4, 0.5) is 5.69 Å². The molecular formula is C30H32N4O3. The summed E-state index contributed by atoms with van der Waals surface area (Å²) >= 11 is 0. The molecule has 0 bridgehead atoms. The van der Waals surface area contributed by atoms with Crippen LogP contribution in [-0.2, 0) is 6.54 Å². The second kappa shape index (κ2) is 11.8. The molecule has 2 heterocycles. The number of aryl methyl sites for hydroxylation is 1. The largest absolute Gasteiger partial charge is 0.490 e. The summed E-state index contributed by atoms with van der Waals surface area (Å²) in [6.45, 7) is 7.00. The lowest BCUT2D eigenvalue weighted by Crippen LogP contribution is -2.46. The fourth-order valence-electron chi connectivity index (χ4n) is 4.58. The van der Waals surface area contributed by atoms with E-state index in [0.717, 1.165) is 44.2 Å². The Morgan fingerprint density at radius 3 is 2.24 bits per heavy atom. The van der Waals surface area contributed by atoms with Crippen molar-refractivity contribution >= 4 is 5.69 Å². The molecule has 7 heteroatoms. The molecule has 1 aliphatic rings. The van der Waals surface area contributed by atoms with Crippen molar-refractivity contribution in [1.82, 2.24) is 14.7 Å². The number of hydrogen-bond acceptors (Lipinski definition) is 6. The van der Waals surface area contributed by atoms with Crippen LogP contribution in [0.2, 0.25) is 0 Å². The van der Waals surface area contributed by atoms with Crippen molar-refractivity contribution in [3.63, 3.8) is 0 Å². The molecule has 0 N–H and O–H groups in total. The van der Waals surface area contributed by atoms with Crippen LogP contribution in [-0.4, -0.2) is 54.1 Å². The molecule has 0 aliphatic carbocycles. The summed E-state index contributed by atoms with van der Waals surface area (Å²) in [6, 6.07) is 27.7. The second-order valence-corrected chi connectivity index (χ2v) is 9.17. The van der Waals surface area contributed by atoms with Crippen LogP contribution in [0.5, 0.6) is 11.5 Å². The van der Waals surface area contributed by atoms with Gasteiger partial charge in [-0.15, -0.1) is 0 Å². The SMILES string of the molecule is Cc1cccc(CN2CCN(c3cnn(-c4ccccc4)c(=O)c3OCCOc3ccccc3)CC2)c1. The smallest absolute Gasteiger partial charge is 0.316 e. The first-order chi connectivity index (χ1) is 18.2. The zero-order valence-corrected chi connectivity index (χ0v) is 21.1. The van der Waals surface area contributed by atoms with E-state index in [4.69, 9.17) is 9.47 Å². The molecule has 0 amide bonds. The molecule has 0 radical (unpaired) electrons. The fourth-order valence-corrected chi connectivity index (χ4v) is 4.58. The third-order valence-corrected chi connectivity index (χ3v) is 6.46. The molecular weight excluding hydrogens is 464 g/mol. The Kier molecular flexibility index (Phi) is 7.81. The zero-order valence-electron chi connectivity index (χ0n) is 21.1. The molecule has 1 aromatic heterocycles. The van der Waals surface area contributed by atoms with E-state index < -0.39 is 0 Å². The number of aromatic nitrogens is 2. The average Bonchev–Trinajstić information content (AvgIpc) is 2.93. The maximum Gasteiger partial charge on any atom is 0.316 e. The minimum absolute atomic E-state index is 0.253. The molecule has 4 aromatic rings. The van der Waals surface area contributed by atoms with Crippen LogP contribution >= 0.6 is 0 Å². The van der Waals surface area contributed by atoms with Gasteiger partial charge in [0, 0.05) is 32.7 Å². The van der Waals surface area contributed by atoms with E-state index in [1.54, 1.807) is 6.20 Å². The van der Waals surface area contributed by atoms with E-state index in [0.29, 0.717) is 18.0 Å². The van der Waals surface area contributed by atoms with Gasteiger partial charge in [-0.1, -0.05) is 66.2 Å². The van der Waals surface area contributed by atoms with Crippen molar-refractivity contribution in [1.29, 1.82) is 0 Å². The predicted molar refractivity (Wildman–Crippen MR) is 146 cm³/mol. The number of para-hydroxylation sites is 2. The van der Waals surface area contributed by atoms with Crippen LogP contribution < -0.4 is 19.9 Å². The molecule has 1 aliphatic heterocycles. The number of hydrogen-bond donors (Lipinski definition) is 0. The van der Waals surface area contributed by atoms with Gasteiger partial charge < -0.3 is 14.4 Å². The molecule has 7 nitrogen and oxygen atoms in total. The first-order valence-corrected chi connectivity index (χ1v) is 12.7. The fraction of sp³-hybridized carbons (Fsp3) is 0.267. The number of ether oxygens (including phenoxy) is 2. The lowest BCUT2D eigenvalue weighted by Gasteiger charge is -2.36. The summed E-state index contributed by atoms with van der Waals surface area (Å²) in [6.07, 6.45) is 1.75. The lowest BCUT2D eigenvalue weighted by atomic mass is 10.1. The number of rotatable bonds is 9. The summed E-state index contributed by atoms with van der Waals surface area (Å²) in [5.41, 5.74) is 3.76. The molecule has 190 valence electrons. The van der Waals surface area contributed by atoms with E-state index >= 15 is 0 Å². The van der Waals surface area contributed by atoms with Crippen LogP contribution in [0.1, 0.15) is 11.1 Å². The summed E-state index contributed by atoms with van der Waals surface area (Å²) < 4.78 is 13.3. The highest BCUT2D eigenvalue weighted by molar-refractivity contribution is 5.57. The minimum Gasteiger partial charge on any atom is -0.490 e. The van der Waals surface area contributed by atoms with Crippen LogP contribution in [0.25, 0.3) is 5.69 Å². The van der Waals surface area contributed by atoms with Gasteiger partial charge in [0.2, 0.25) is 5.75 Å². The third-order valence-electron chi connectivity index (χ3n) is 6.46. The van der Waals surface area contributed by atoms with E-state index in [-0.39, 0.29) is 12.2 Å². The minimum atomic E-state index is -0.273. The molecule has 3 aromatic carbocycles. The standard InChI is InChI=1S/C30H32N4O3/c1-24-9-8-10-25(21-24)23-32-15-17-33(18-16-32)28-22-31-34(26-11-4-2-5-12-26)30(35)29(28)37-20-19-36-27-13-6-3-7-14-27/h2-14,21-22H,15-20,23H2,1H3. The Hall–Kier alpha value is -4.10. The number of benzene rings is 3. The monoisotopic (exact) mass is 496 g/mol. The van der Waals surface area contributed by atoms with Crippen LogP contribution in [0.3, 0.4) is 0 Å². The van der Waals surface area contributed by atoms with Gasteiger partial charge in [0.1, 0.15) is 24.7 Å². The van der Waals surface area contributed by atoms with Gasteiger partial charge >= 0.3 is 5.56 Å². The summed E-state index contributed by atoms with van der Waals surface area (Å²) in [5.74, 6) is 1.08. The van der Waals surface area contributed by atoms with Gasteiger partial charge in [-0.2, -0.15) is 9.78 Å². The van der Waals surface area contributed by atoms with Crippen molar-refractivity contribution in [2.75, 3.05) is 44.3 Å². The second-order valence-electron chi connectivity index (χ2n) is 9.17. The molecule has 1 fully saturated rings.